The number of piperidine rings is 1. The SMILES string of the molecule is CN1CC[C@]23CCCC[C@H]2[C@H]1Cc1ccc(OC(=O)c2cccnc2)cc13. The van der Waals surface area contributed by atoms with Crippen LogP contribution in [0.5, 0.6) is 5.75 Å². The van der Waals surface area contributed by atoms with Crippen molar-refractivity contribution in [1.82, 2.24) is 9.88 Å². The van der Waals surface area contributed by atoms with Gasteiger partial charge in [0.15, 0.2) is 0 Å². The second-order valence-electron chi connectivity index (χ2n) is 8.46. The lowest BCUT2D eigenvalue weighted by atomic mass is 9.52. The molecule has 0 spiro atoms. The van der Waals surface area contributed by atoms with E-state index < -0.39 is 0 Å². The molecular formula is C23H26N2O2. The van der Waals surface area contributed by atoms with Crippen LogP contribution in [0.15, 0.2) is 42.7 Å². The highest BCUT2D eigenvalue weighted by molar-refractivity contribution is 5.90. The highest BCUT2D eigenvalue weighted by atomic mass is 16.5. The van der Waals surface area contributed by atoms with Crippen LogP contribution in [0.4, 0.5) is 0 Å². The zero-order chi connectivity index (χ0) is 18.4. The van der Waals surface area contributed by atoms with Gasteiger partial charge in [-0.05, 0) is 80.6 Å². The van der Waals surface area contributed by atoms with Gasteiger partial charge in [-0.1, -0.05) is 18.9 Å². The highest BCUT2D eigenvalue weighted by Gasteiger charge is 2.53. The summed E-state index contributed by atoms with van der Waals surface area (Å²) in [5.41, 5.74) is 3.67. The molecule has 1 saturated heterocycles. The van der Waals surface area contributed by atoms with E-state index in [0.717, 1.165) is 12.3 Å². The minimum atomic E-state index is -0.335. The molecule has 1 aliphatic heterocycles. The van der Waals surface area contributed by atoms with Crippen LogP contribution in [0, 0.1) is 5.92 Å². The van der Waals surface area contributed by atoms with Crippen LogP contribution in [-0.2, 0) is 11.8 Å². The first-order valence-corrected chi connectivity index (χ1v) is 10.1. The third-order valence-corrected chi connectivity index (χ3v) is 7.19. The zero-order valence-corrected chi connectivity index (χ0v) is 15.9. The monoisotopic (exact) mass is 362 g/mol. The Balaban J connectivity index is 1.50. The van der Waals surface area contributed by atoms with E-state index in [0.29, 0.717) is 17.4 Å². The third kappa shape index (κ3) is 2.69. The number of esters is 1. The van der Waals surface area contributed by atoms with Crippen molar-refractivity contribution in [1.29, 1.82) is 0 Å². The van der Waals surface area contributed by atoms with Gasteiger partial charge in [0.2, 0.25) is 0 Å². The molecule has 2 bridgehead atoms. The molecular weight excluding hydrogens is 336 g/mol. The van der Waals surface area contributed by atoms with Gasteiger partial charge >= 0.3 is 5.97 Å². The van der Waals surface area contributed by atoms with Gasteiger partial charge in [0, 0.05) is 23.9 Å². The number of likely N-dealkylation sites (N-methyl/N-ethyl adjacent to an activating group) is 1. The molecule has 5 rings (SSSR count). The highest BCUT2D eigenvalue weighted by Crippen LogP contribution is 2.55. The predicted octanol–water partition coefficient (Wildman–Crippen LogP) is 3.99. The number of ether oxygens (including phenoxy) is 1. The molecule has 1 aromatic carbocycles. The molecule has 0 amide bonds. The van der Waals surface area contributed by atoms with Crippen LogP contribution < -0.4 is 4.74 Å². The van der Waals surface area contributed by atoms with Gasteiger partial charge in [0.25, 0.3) is 0 Å². The Morgan fingerprint density at radius 2 is 2.19 bits per heavy atom. The minimum absolute atomic E-state index is 0.278. The van der Waals surface area contributed by atoms with Crippen LogP contribution in [0.3, 0.4) is 0 Å². The lowest BCUT2D eigenvalue weighted by molar-refractivity contribution is 0.00271. The van der Waals surface area contributed by atoms with Crippen molar-refractivity contribution in [3.63, 3.8) is 0 Å². The molecule has 3 aliphatic rings. The van der Waals surface area contributed by atoms with E-state index in [1.165, 1.54) is 49.8 Å². The van der Waals surface area contributed by atoms with Crippen LogP contribution in [0.2, 0.25) is 0 Å². The standard InChI is InChI=1S/C23H26N2O2/c1-25-12-10-23-9-3-2-6-19(23)21(25)13-16-7-8-18(14-20(16)23)27-22(26)17-5-4-11-24-15-17/h4-5,7-8,11,14-15,19,21H,2-3,6,9-10,12-13H2,1H3/t19-,21+,23+/m0/s1. The van der Waals surface area contributed by atoms with Crippen molar-refractivity contribution in [3.05, 3.63) is 59.4 Å². The Bertz CT molecular complexity index is 866. The van der Waals surface area contributed by atoms with E-state index in [1.54, 1.807) is 24.5 Å². The van der Waals surface area contributed by atoms with Crippen molar-refractivity contribution >= 4 is 5.97 Å². The third-order valence-electron chi connectivity index (χ3n) is 7.19. The predicted molar refractivity (Wildman–Crippen MR) is 104 cm³/mol. The molecule has 1 saturated carbocycles. The summed E-state index contributed by atoms with van der Waals surface area (Å²) in [4.78, 5) is 19.0. The Labute approximate surface area is 160 Å². The van der Waals surface area contributed by atoms with Crippen LogP contribution in [-0.4, -0.2) is 35.5 Å². The average Bonchev–Trinajstić information content (AvgIpc) is 2.71. The van der Waals surface area contributed by atoms with Gasteiger partial charge in [0.05, 0.1) is 5.56 Å². The van der Waals surface area contributed by atoms with Gasteiger partial charge < -0.3 is 9.64 Å². The smallest absolute Gasteiger partial charge is 0.345 e. The lowest BCUT2D eigenvalue weighted by Crippen LogP contribution is -2.59. The van der Waals surface area contributed by atoms with Gasteiger partial charge in [-0.2, -0.15) is 0 Å². The summed E-state index contributed by atoms with van der Waals surface area (Å²) in [5, 5.41) is 0. The van der Waals surface area contributed by atoms with Gasteiger partial charge in [0.1, 0.15) is 5.75 Å². The Morgan fingerprint density at radius 1 is 1.26 bits per heavy atom. The number of nitrogens with zero attached hydrogens (tertiary/aromatic N) is 2. The first-order valence-electron chi connectivity index (χ1n) is 10.1. The summed E-state index contributed by atoms with van der Waals surface area (Å²) in [6.07, 6.45) is 10.8. The fourth-order valence-electron chi connectivity index (χ4n) is 5.89. The molecule has 140 valence electrons. The van der Waals surface area contributed by atoms with Crippen molar-refractivity contribution in [3.8, 4) is 5.75 Å². The van der Waals surface area contributed by atoms with Crippen LogP contribution in [0.1, 0.15) is 53.6 Å². The summed E-state index contributed by atoms with van der Waals surface area (Å²) in [7, 11) is 2.29. The van der Waals surface area contributed by atoms with Crippen molar-refractivity contribution in [2.24, 2.45) is 5.92 Å². The number of aromatic nitrogens is 1. The number of carbonyl (C=O) groups excluding carboxylic acids is 1. The quantitative estimate of drug-likeness (QED) is 0.598. The second-order valence-corrected chi connectivity index (χ2v) is 8.46. The first kappa shape index (κ1) is 16.9. The molecule has 4 nitrogen and oxygen atoms in total. The van der Waals surface area contributed by atoms with E-state index in [1.807, 2.05) is 6.07 Å². The van der Waals surface area contributed by atoms with Gasteiger partial charge in [-0.25, -0.2) is 4.79 Å². The van der Waals surface area contributed by atoms with Crippen molar-refractivity contribution in [2.75, 3.05) is 13.6 Å². The Hall–Kier alpha value is -2.20. The maximum Gasteiger partial charge on any atom is 0.345 e. The van der Waals surface area contributed by atoms with E-state index in [4.69, 9.17) is 4.74 Å². The fraction of sp³-hybridized carbons (Fsp3) is 0.478. The molecule has 1 aromatic heterocycles. The zero-order valence-electron chi connectivity index (χ0n) is 15.9. The number of hydrogen-bond donors (Lipinski definition) is 0. The number of rotatable bonds is 2. The second kappa shape index (κ2) is 6.45. The summed E-state index contributed by atoms with van der Waals surface area (Å²) < 4.78 is 5.71. The molecule has 27 heavy (non-hydrogen) atoms. The molecule has 2 heterocycles. The summed E-state index contributed by atoms with van der Waals surface area (Å²) >= 11 is 0. The largest absolute Gasteiger partial charge is 0.423 e. The fourth-order valence-corrected chi connectivity index (χ4v) is 5.89. The molecule has 0 unspecified atom stereocenters. The molecule has 4 heteroatoms. The summed E-state index contributed by atoms with van der Waals surface area (Å²) in [5.74, 6) is 1.07. The molecule has 0 radical (unpaired) electrons. The van der Waals surface area contributed by atoms with Crippen LogP contribution in [0.25, 0.3) is 0 Å². The number of pyridine rings is 1. The number of carbonyl (C=O) groups is 1. The Morgan fingerprint density at radius 3 is 3.04 bits per heavy atom. The summed E-state index contributed by atoms with van der Waals surface area (Å²) in [6, 6.07) is 10.5. The number of fused-ring (bicyclic) bond motifs is 1. The number of benzene rings is 1. The molecule has 2 aliphatic carbocycles. The molecule has 3 atom stereocenters. The molecule has 2 aromatic rings. The molecule has 0 N–H and O–H groups in total. The van der Waals surface area contributed by atoms with E-state index in [-0.39, 0.29) is 11.4 Å². The van der Waals surface area contributed by atoms with Crippen molar-refractivity contribution < 1.29 is 9.53 Å². The van der Waals surface area contributed by atoms with Gasteiger partial charge in [-0.3, -0.25) is 4.98 Å². The van der Waals surface area contributed by atoms with Crippen molar-refractivity contribution in [2.45, 2.75) is 50.0 Å². The topological polar surface area (TPSA) is 42.4 Å². The lowest BCUT2D eigenvalue weighted by Gasteiger charge is -2.58. The average molecular weight is 362 g/mol. The Kier molecular flexibility index (Phi) is 4.05. The minimum Gasteiger partial charge on any atom is -0.423 e. The maximum atomic E-state index is 12.5. The maximum absolute atomic E-state index is 12.5. The molecule has 2 fully saturated rings. The van der Waals surface area contributed by atoms with E-state index >= 15 is 0 Å². The summed E-state index contributed by atoms with van der Waals surface area (Å²) in [6.45, 7) is 1.17. The normalized spacial score (nSPS) is 29.5. The number of hydrogen-bond acceptors (Lipinski definition) is 4. The van der Waals surface area contributed by atoms with Gasteiger partial charge in [-0.15, -0.1) is 0 Å². The van der Waals surface area contributed by atoms with E-state index in [9.17, 15) is 4.79 Å². The van der Waals surface area contributed by atoms with Crippen LogP contribution >= 0.6 is 0 Å². The number of likely N-dealkylation sites (tertiary alicyclic amines) is 1. The van der Waals surface area contributed by atoms with E-state index in [2.05, 4.69) is 29.1 Å². The first-order chi connectivity index (χ1) is 13.2.